The summed E-state index contributed by atoms with van der Waals surface area (Å²) >= 11 is 7.39. The molecule has 2 aromatic rings. The summed E-state index contributed by atoms with van der Waals surface area (Å²) in [6.07, 6.45) is 1.66. The van der Waals surface area contributed by atoms with Crippen LogP contribution >= 0.6 is 22.9 Å². The molecule has 2 amide bonds. The molecule has 0 N–H and O–H groups in total. The Hall–Kier alpha value is -1.89. The quantitative estimate of drug-likeness (QED) is 0.766. The van der Waals surface area contributed by atoms with Crippen LogP contribution in [0.25, 0.3) is 0 Å². The zero-order valence-corrected chi connectivity index (χ0v) is 17.3. The number of hydrogen-bond donors (Lipinski definition) is 0. The first-order chi connectivity index (χ1) is 13.6. The minimum absolute atomic E-state index is 0.00720. The number of halogens is 1. The first-order valence-corrected chi connectivity index (χ1v) is 11.0. The first-order valence-electron chi connectivity index (χ1n) is 9.72. The van der Waals surface area contributed by atoms with Gasteiger partial charge in [0.15, 0.2) is 0 Å². The second kappa shape index (κ2) is 8.64. The minimum Gasteiger partial charge on any atom is -0.338 e. The number of piperazine rings is 1. The maximum Gasteiger partial charge on any atom is 0.264 e. The highest BCUT2D eigenvalue weighted by atomic mass is 35.5. The van der Waals surface area contributed by atoms with Crippen LogP contribution in [0, 0.1) is 0 Å². The minimum atomic E-state index is -0.308. The molecule has 0 aliphatic carbocycles. The van der Waals surface area contributed by atoms with E-state index in [1.54, 1.807) is 4.90 Å². The molecule has 3 heterocycles. The highest BCUT2D eigenvalue weighted by Gasteiger charge is 2.37. The molecule has 1 atom stereocenters. The number of benzene rings is 1. The van der Waals surface area contributed by atoms with Gasteiger partial charge in [-0.15, -0.1) is 11.3 Å². The number of likely N-dealkylation sites (tertiary alicyclic amines) is 1. The van der Waals surface area contributed by atoms with Crippen molar-refractivity contribution in [1.29, 1.82) is 0 Å². The number of thiophene rings is 1. The van der Waals surface area contributed by atoms with Crippen molar-refractivity contribution in [2.75, 3.05) is 32.7 Å². The molecule has 5 nitrogen and oxygen atoms in total. The maximum absolute atomic E-state index is 13.1. The van der Waals surface area contributed by atoms with E-state index in [0.29, 0.717) is 24.5 Å². The van der Waals surface area contributed by atoms with Crippen LogP contribution in [0.15, 0.2) is 41.8 Å². The molecule has 0 spiro atoms. The molecular weight excluding hydrogens is 394 g/mol. The SMILES string of the molecule is O=C(C1CCCN1C(=O)c1cccs1)N1CCN(Cc2ccc(Cl)cc2)CC1. The second-order valence-corrected chi connectivity index (χ2v) is 8.75. The van der Waals surface area contributed by atoms with Crippen molar-refractivity contribution < 1.29 is 9.59 Å². The van der Waals surface area contributed by atoms with Crippen LogP contribution in [-0.2, 0) is 11.3 Å². The molecule has 1 unspecified atom stereocenters. The van der Waals surface area contributed by atoms with Crippen LogP contribution < -0.4 is 0 Å². The summed E-state index contributed by atoms with van der Waals surface area (Å²) in [5.41, 5.74) is 1.23. The average Bonchev–Trinajstić information content (AvgIpc) is 3.41. The average molecular weight is 418 g/mol. The van der Waals surface area contributed by atoms with E-state index >= 15 is 0 Å². The predicted molar refractivity (Wildman–Crippen MR) is 112 cm³/mol. The Balaban J connectivity index is 1.33. The van der Waals surface area contributed by atoms with Gasteiger partial charge in [-0.1, -0.05) is 29.8 Å². The number of nitrogens with zero attached hydrogens (tertiary/aromatic N) is 3. The van der Waals surface area contributed by atoms with Crippen molar-refractivity contribution in [3.63, 3.8) is 0 Å². The van der Waals surface area contributed by atoms with Crippen molar-refractivity contribution in [1.82, 2.24) is 14.7 Å². The molecule has 7 heteroatoms. The zero-order valence-electron chi connectivity index (χ0n) is 15.7. The van der Waals surface area contributed by atoms with Gasteiger partial charge < -0.3 is 9.80 Å². The molecule has 2 aliphatic rings. The lowest BCUT2D eigenvalue weighted by Gasteiger charge is -2.37. The van der Waals surface area contributed by atoms with Crippen LogP contribution in [0.4, 0.5) is 0 Å². The molecule has 4 rings (SSSR count). The molecule has 1 aromatic carbocycles. The van der Waals surface area contributed by atoms with Gasteiger partial charge in [0, 0.05) is 44.3 Å². The molecule has 0 bridgehead atoms. The van der Waals surface area contributed by atoms with E-state index in [4.69, 9.17) is 11.6 Å². The van der Waals surface area contributed by atoms with Gasteiger partial charge in [0.2, 0.25) is 5.91 Å². The van der Waals surface area contributed by atoms with Crippen molar-refractivity contribution in [2.24, 2.45) is 0 Å². The third-order valence-electron chi connectivity index (χ3n) is 5.53. The highest BCUT2D eigenvalue weighted by molar-refractivity contribution is 7.12. The third kappa shape index (κ3) is 4.24. The third-order valence-corrected chi connectivity index (χ3v) is 6.64. The molecule has 28 heavy (non-hydrogen) atoms. The van der Waals surface area contributed by atoms with Crippen LogP contribution in [0.2, 0.25) is 5.02 Å². The lowest BCUT2D eigenvalue weighted by Crippen LogP contribution is -2.54. The first kappa shape index (κ1) is 19.4. The van der Waals surface area contributed by atoms with Crippen molar-refractivity contribution in [3.8, 4) is 0 Å². The Bertz CT molecular complexity index is 817. The Morgan fingerprint density at radius 3 is 2.46 bits per heavy atom. The Kier molecular flexibility index (Phi) is 5.99. The molecule has 0 saturated carbocycles. The summed E-state index contributed by atoms with van der Waals surface area (Å²) < 4.78 is 0. The lowest BCUT2D eigenvalue weighted by molar-refractivity contribution is -0.137. The molecule has 2 fully saturated rings. The van der Waals surface area contributed by atoms with Gasteiger partial charge in [0.05, 0.1) is 4.88 Å². The maximum atomic E-state index is 13.1. The number of rotatable bonds is 4. The summed E-state index contributed by atoms with van der Waals surface area (Å²) in [5.74, 6) is 0.0979. The number of amides is 2. The summed E-state index contributed by atoms with van der Waals surface area (Å²) in [6.45, 7) is 4.66. The van der Waals surface area contributed by atoms with E-state index in [1.807, 2.05) is 46.7 Å². The highest BCUT2D eigenvalue weighted by Crippen LogP contribution is 2.24. The fraction of sp³-hybridized carbons (Fsp3) is 0.429. The van der Waals surface area contributed by atoms with E-state index in [2.05, 4.69) is 4.90 Å². The summed E-state index contributed by atoms with van der Waals surface area (Å²) in [6, 6.07) is 11.3. The second-order valence-electron chi connectivity index (χ2n) is 7.36. The standard InChI is InChI=1S/C21H24ClN3O2S/c22-17-7-5-16(6-8-17)15-23-10-12-24(13-11-23)20(26)18-3-1-9-25(18)21(27)19-4-2-14-28-19/h2,4-8,14,18H,1,3,9-13,15H2. The van der Waals surface area contributed by atoms with Crippen LogP contribution in [0.3, 0.4) is 0 Å². The Labute approximate surface area is 174 Å². The van der Waals surface area contributed by atoms with Gasteiger partial charge in [-0.3, -0.25) is 14.5 Å². The van der Waals surface area contributed by atoms with Crippen LogP contribution in [-0.4, -0.2) is 65.3 Å². The number of carbonyl (C=O) groups is 2. The number of carbonyl (C=O) groups excluding carboxylic acids is 2. The van der Waals surface area contributed by atoms with Gasteiger partial charge in [0.25, 0.3) is 5.91 Å². The summed E-state index contributed by atoms with van der Waals surface area (Å²) in [7, 11) is 0. The molecule has 0 radical (unpaired) electrons. The lowest BCUT2D eigenvalue weighted by atomic mass is 10.1. The monoisotopic (exact) mass is 417 g/mol. The molecular formula is C21H24ClN3O2S. The Morgan fingerprint density at radius 2 is 1.79 bits per heavy atom. The predicted octanol–water partition coefficient (Wildman–Crippen LogP) is 3.35. The zero-order chi connectivity index (χ0) is 19.5. The topological polar surface area (TPSA) is 43.9 Å². The van der Waals surface area contributed by atoms with E-state index in [0.717, 1.165) is 37.5 Å². The van der Waals surface area contributed by atoms with E-state index in [9.17, 15) is 9.59 Å². The molecule has 2 saturated heterocycles. The molecule has 148 valence electrons. The molecule has 1 aromatic heterocycles. The van der Waals surface area contributed by atoms with Crippen LogP contribution in [0.5, 0.6) is 0 Å². The fourth-order valence-corrected chi connectivity index (χ4v) is 4.80. The van der Waals surface area contributed by atoms with Gasteiger partial charge in [-0.2, -0.15) is 0 Å². The van der Waals surface area contributed by atoms with Gasteiger partial charge in [0.1, 0.15) is 6.04 Å². The van der Waals surface area contributed by atoms with E-state index in [1.165, 1.54) is 16.9 Å². The number of hydrogen-bond acceptors (Lipinski definition) is 4. The summed E-state index contributed by atoms with van der Waals surface area (Å²) in [5, 5.41) is 2.65. The van der Waals surface area contributed by atoms with Gasteiger partial charge in [-0.05, 0) is 42.0 Å². The van der Waals surface area contributed by atoms with Gasteiger partial charge >= 0.3 is 0 Å². The largest absolute Gasteiger partial charge is 0.338 e. The van der Waals surface area contributed by atoms with Gasteiger partial charge in [-0.25, -0.2) is 0 Å². The van der Waals surface area contributed by atoms with Crippen molar-refractivity contribution in [3.05, 3.63) is 57.2 Å². The van der Waals surface area contributed by atoms with Crippen LogP contribution in [0.1, 0.15) is 28.1 Å². The smallest absolute Gasteiger partial charge is 0.264 e. The molecule has 2 aliphatic heterocycles. The van der Waals surface area contributed by atoms with E-state index in [-0.39, 0.29) is 17.9 Å². The fourth-order valence-electron chi connectivity index (χ4n) is 3.99. The van der Waals surface area contributed by atoms with Crippen molar-refractivity contribution >= 4 is 34.8 Å². The van der Waals surface area contributed by atoms with E-state index < -0.39 is 0 Å². The Morgan fingerprint density at radius 1 is 1.04 bits per heavy atom. The van der Waals surface area contributed by atoms with Crippen molar-refractivity contribution in [2.45, 2.75) is 25.4 Å². The summed E-state index contributed by atoms with van der Waals surface area (Å²) in [4.78, 5) is 32.6. The normalized spacial score (nSPS) is 20.5.